The number of alkyl halides is 1. The molecule has 0 spiro atoms. The quantitative estimate of drug-likeness (QED) is 0.682. The van der Waals surface area contributed by atoms with Crippen molar-refractivity contribution in [2.24, 2.45) is 0 Å². The molecule has 8 nitrogen and oxygen atoms in total. The maximum Gasteiger partial charge on any atom is 0.225 e. The summed E-state index contributed by atoms with van der Waals surface area (Å²) in [5.41, 5.74) is 2.62. The van der Waals surface area contributed by atoms with Crippen LogP contribution >= 0.6 is 0 Å². The van der Waals surface area contributed by atoms with Crippen molar-refractivity contribution in [3.8, 4) is 6.07 Å². The van der Waals surface area contributed by atoms with Crippen LogP contribution in [0.25, 0.3) is 5.52 Å². The fourth-order valence-electron chi connectivity index (χ4n) is 2.74. The fraction of sp³-hybridized carbons (Fsp3) is 0.462. The zero-order valence-electron chi connectivity index (χ0n) is 11.6. The van der Waals surface area contributed by atoms with E-state index in [1.165, 1.54) is 23.8 Å². The maximum absolute atomic E-state index is 13.2. The van der Waals surface area contributed by atoms with Crippen LogP contribution in [0.2, 0.25) is 0 Å². The van der Waals surface area contributed by atoms with Gasteiger partial charge in [-0.2, -0.15) is 10.4 Å². The van der Waals surface area contributed by atoms with Crippen molar-refractivity contribution in [1.29, 1.82) is 5.26 Å². The number of rotatable bonds is 2. The van der Waals surface area contributed by atoms with E-state index in [0.29, 0.717) is 5.52 Å². The van der Waals surface area contributed by atoms with Crippen LogP contribution < -0.4 is 5.73 Å². The van der Waals surface area contributed by atoms with Crippen LogP contribution in [0.3, 0.4) is 0 Å². The van der Waals surface area contributed by atoms with Gasteiger partial charge in [0.15, 0.2) is 5.82 Å². The molecule has 9 heteroatoms. The third-order valence-corrected chi connectivity index (χ3v) is 4.03. The molecule has 2 aromatic heterocycles. The van der Waals surface area contributed by atoms with Gasteiger partial charge in [0.2, 0.25) is 5.60 Å². The van der Waals surface area contributed by atoms with Gasteiger partial charge in [-0.05, 0) is 19.1 Å². The summed E-state index contributed by atoms with van der Waals surface area (Å²) >= 11 is 0. The van der Waals surface area contributed by atoms with Crippen molar-refractivity contribution in [2.45, 2.75) is 30.3 Å². The molecule has 0 saturated carbocycles. The van der Waals surface area contributed by atoms with E-state index in [4.69, 9.17) is 10.5 Å². The second-order valence-electron chi connectivity index (χ2n) is 5.45. The number of nitrogens with two attached hydrogens (primary N) is 1. The zero-order chi connectivity index (χ0) is 16.1. The summed E-state index contributed by atoms with van der Waals surface area (Å²) in [5, 5.41) is 34.0. The summed E-state index contributed by atoms with van der Waals surface area (Å²) < 4.78 is 20.0. The first-order chi connectivity index (χ1) is 10.4. The second-order valence-corrected chi connectivity index (χ2v) is 5.45. The number of hydrogen-bond acceptors (Lipinski definition) is 7. The topological polar surface area (TPSA) is 130 Å². The molecule has 0 amide bonds. The number of aliphatic hydroxyl groups excluding tert-OH is 2. The van der Waals surface area contributed by atoms with E-state index in [-0.39, 0.29) is 11.5 Å². The number of halogens is 1. The van der Waals surface area contributed by atoms with Gasteiger partial charge in [-0.1, -0.05) is 0 Å². The lowest BCUT2D eigenvalue weighted by Gasteiger charge is -2.26. The summed E-state index contributed by atoms with van der Waals surface area (Å²) in [7, 11) is 0. The predicted molar refractivity (Wildman–Crippen MR) is 72.2 cm³/mol. The highest BCUT2D eigenvalue weighted by Gasteiger charge is 2.62. The van der Waals surface area contributed by atoms with E-state index in [0.717, 1.165) is 0 Å². The summed E-state index contributed by atoms with van der Waals surface area (Å²) in [6, 6.07) is 4.87. The summed E-state index contributed by atoms with van der Waals surface area (Å²) in [6.07, 6.45) is -2.03. The van der Waals surface area contributed by atoms with Gasteiger partial charge in [-0.3, -0.25) is 0 Å². The molecule has 0 aliphatic carbocycles. The molecule has 1 aliphatic rings. The Labute approximate surface area is 124 Å². The number of anilines is 1. The minimum absolute atomic E-state index is 0.142. The lowest BCUT2D eigenvalue weighted by Crippen LogP contribution is -2.43. The average Bonchev–Trinajstić information content (AvgIpc) is 3.03. The molecule has 0 aromatic carbocycles. The number of aromatic nitrogens is 3. The Hall–Kier alpha value is -2.28. The molecule has 0 unspecified atom stereocenters. The van der Waals surface area contributed by atoms with Crippen molar-refractivity contribution in [3.05, 3.63) is 24.2 Å². The van der Waals surface area contributed by atoms with Gasteiger partial charge in [0.05, 0.1) is 5.69 Å². The number of nitrogen functional groups attached to an aromatic ring is 1. The Morgan fingerprint density at radius 2 is 2.23 bits per heavy atom. The van der Waals surface area contributed by atoms with Crippen LogP contribution in [-0.2, 0) is 10.3 Å². The Bertz CT molecular complexity index is 775. The van der Waals surface area contributed by atoms with E-state index >= 15 is 0 Å². The second kappa shape index (κ2) is 4.61. The minimum atomic E-state index is -1.96. The normalized spacial score (nSPS) is 34.9. The van der Waals surface area contributed by atoms with Gasteiger partial charge in [0, 0.05) is 0 Å². The molecule has 2 aromatic rings. The fourth-order valence-corrected chi connectivity index (χ4v) is 2.74. The molecule has 3 heterocycles. The van der Waals surface area contributed by atoms with Crippen molar-refractivity contribution in [2.75, 3.05) is 12.4 Å². The van der Waals surface area contributed by atoms with E-state index in [1.807, 2.05) is 6.07 Å². The molecule has 1 saturated heterocycles. The molecule has 22 heavy (non-hydrogen) atoms. The van der Waals surface area contributed by atoms with E-state index in [2.05, 4.69) is 10.1 Å². The van der Waals surface area contributed by atoms with Gasteiger partial charge >= 0.3 is 0 Å². The van der Waals surface area contributed by atoms with Gasteiger partial charge in [-0.25, -0.2) is 13.9 Å². The lowest BCUT2D eigenvalue weighted by atomic mass is 9.90. The van der Waals surface area contributed by atoms with Crippen LogP contribution in [0.4, 0.5) is 10.2 Å². The van der Waals surface area contributed by atoms with Gasteiger partial charge in [0.25, 0.3) is 0 Å². The number of aliphatic hydroxyl groups is 2. The Kier molecular flexibility index (Phi) is 3.07. The average molecular weight is 307 g/mol. The zero-order valence-corrected chi connectivity index (χ0v) is 11.6. The number of hydrogen-bond donors (Lipinski definition) is 3. The van der Waals surface area contributed by atoms with E-state index in [1.54, 1.807) is 6.07 Å². The lowest BCUT2D eigenvalue weighted by molar-refractivity contribution is -0.111. The van der Waals surface area contributed by atoms with Crippen molar-refractivity contribution in [3.63, 3.8) is 0 Å². The molecule has 3 rings (SSSR count). The van der Waals surface area contributed by atoms with Crippen molar-refractivity contribution >= 4 is 11.3 Å². The van der Waals surface area contributed by atoms with Crippen LogP contribution in [-0.4, -0.2) is 49.3 Å². The smallest absolute Gasteiger partial charge is 0.225 e. The van der Waals surface area contributed by atoms with Gasteiger partial charge < -0.3 is 20.7 Å². The standard InChI is InChI=1S/C13H14FN5O3/c1-12(4-14)9(20)10(21)13(5-15,22-12)8-3-2-7-11(16)17-6-18-19(7)8/h2-3,6,9-10,20-21H,4H2,1H3,(H2,16,17,18)/t9-,10+,12-,13-/m0/s1. The summed E-state index contributed by atoms with van der Waals surface area (Å²) in [5.74, 6) is 0.177. The SMILES string of the molecule is C[C@@]1(CF)O[C@@](C#N)(c2ccc3c(N)ncnn23)[C@H](O)[C@@H]1O. The number of nitriles is 1. The molecular formula is C13H14FN5O3. The Morgan fingerprint density at radius 1 is 1.50 bits per heavy atom. The monoisotopic (exact) mass is 307 g/mol. The Morgan fingerprint density at radius 3 is 2.82 bits per heavy atom. The molecular weight excluding hydrogens is 293 g/mol. The van der Waals surface area contributed by atoms with Crippen LogP contribution in [0.5, 0.6) is 0 Å². The van der Waals surface area contributed by atoms with Crippen LogP contribution in [0.1, 0.15) is 12.6 Å². The number of nitrogens with zero attached hydrogens (tertiary/aromatic N) is 4. The molecule has 4 atom stereocenters. The van der Waals surface area contributed by atoms with Crippen LogP contribution in [0.15, 0.2) is 18.5 Å². The largest absolute Gasteiger partial charge is 0.387 e. The summed E-state index contributed by atoms with van der Waals surface area (Å²) in [6.45, 7) is 0.230. The summed E-state index contributed by atoms with van der Waals surface area (Å²) in [4.78, 5) is 3.82. The Balaban J connectivity index is 2.23. The van der Waals surface area contributed by atoms with Gasteiger partial charge in [-0.15, -0.1) is 0 Å². The highest BCUT2D eigenvalue weighted by atomic mass is 19.1. The number of ether oxygens (including phenoxy) is 1. The first-order valence-electron chi connectivity index (χ1n) is 6.52. The first-order valence-corrected chi connectivity index (χ1v) is 6.52. The molecule has 116 valence electrons. The minimum Gasteiger partial charge on any atom is -0.387 e. The molecule has 0 bridgehead atoms. The number of fused-ring (bicyclic) bond motifs is 1. The first kappa shape index (κ1) is 14.6. The van der Waals surface area contributed by atoms with E-state index in [9.17, 15) is 19.9 Å². The third kappa shape index (κ3) is 1.65. The van der Waals surface area contributed by atoms with Crippen molar-refractivity contribution in [1.82, 2.24) is 14.6 Å². The highest BCUT2D eigenvalue weighted by Crippen LogP contribution is 2.45. The van der Waals surface area contributed by atoms with Crippen LogP contribution in [0, 0.1) is 11.3 Å². The molecule has 4 N–H and O–H groups in total. The predicted octanol–water partition coefficient (Wildman–Crippen LogP) is -0.489. The third-order valence-electron chi connectivity index (χ3n) is 4.03. The highest BCUT2D eigenvalue weighted by molar-refractivity contribution is 5.66. The van der Waals surface area contributed by atoms with Gasteiger partial charge in [0.1, 0.15) is 42.4 Å². The molecule has 1 aliphatic heterocycles. The maximum atomic E-state index is 13.2. The van der Waals surface area contributed by atoms with E-state index < -0.39 is 30.1 Å². The van der Waals surface area contributed by atoms with Crippen molar-refractivity contribution < 1.29 is 19.3 Å². The molecule has 1 fully saturated rings. The molecule has 0 radical (unpaired) electrons.